The molecule has 4 aliphatic carbocycles. The van der Waals surface area contributed by atoms with Gasteiger partial charge in [0.2, 0.25) is 0 Å². The quantitative estimate of drug-likeness (QED) is 0.537. The average molecular weight is 388 g/mol. The van der Waals surface area contributed by atoms with Gasteiger partial charge in [0.05, 0.1) is 31.3 Å². The van der Waals surface area contributed by atoms with Gasteiger partial charge in [0.1, 0.15) is 6.79 Å². The number of hydrogen-bond acceptors (Lipinski definition) is 5. The van der Waals surface area contributed by atoms with E-state index in [-0.39, 0.29) is 23.2 Å². The van der Waals surface area contributed by atoms with Crippen molar-refractivity contribution in [1.29, 1.82) is 5.26 Å². The van der Waals surface area contributed by atoms with Crippen LogP contribution in [0.4, 0.5) is 0 Å². The van der Waals surface area contributed by atoms with E-state index in [1.54, 1.807) is 12.7 Å². The molecule has 0 aromatic carbocycles. The second-order valence-corrected chi connectivity index (χ2v) is 9.83. The number of rotatable bonds is 3. The van der Waals surface area contributed by atoms with Gasteiger partial charge in [0.15, 0.2) is 5.79 Å². The van der Waals surface area contributed by atoms with Crippen molar-refractivity contribution in [2.24, 2.45) is 29.1 Å². The van der Waals surface area contributed by atoms with Crippen molar-refractivity contribution in [3.63, 3.8) is 0 Å². The maximum atomic E-state index is 10.1. The van der Waals surface area contributed by atoms with Crippen molar-refractivity contribution in [3.05, 3.63) is 11.1 Å². The molecule has 6 atom stereocenters. The second kappa shape index (κ2) is 7.09. The van der Waals surface area contributed by atoms with Gasteiger partial charge in [0.25, 0.3) is 0 Å². The molecule has 1 heterocycles. The highest BCUT2D eigenvalue weighted by Gasteiger charge is 2.59. The summed E-state index contributed by atoms with van der Waals surface area (Å²) in [7, 11) is 1.69. The van der Waals surface area contributed by atoms with Crippen LogP contribution in [0.1, 0.15) is 58.3 Å². The molecule has 5 rings (SSSR count). The first-order chi connectivity index (χ1) is 13.6. The van der Waals surface area contributed by atoms with Gasteiger partial charge in [-0.05, 0) is 61.7 Å². The molecule has 0 unspecified atom stereocenters. The summed E-state index contributed by atoms with van der Waals surface area (Å²) in [6.45, 7) is 4.20. The number of methoxy groups -OCH3 is 1. The van der Waals surface area contributed by atoms with E-state index in [9.17, 15) is 5.26 Å². The molecule has 5 aliphatic rings. The third kappa shape index (κ3) is 2.80. The Balaban J connectivity index is 1.43. The van der Waals surface area contributed by atoms with E-state index in [1.165, 1.54) is 24.8 Å². The van der Waals surface area contributed by atoms with E-state index in [4.69, 9.17) is 18.9 Å². The minimum absolute atomic E-state index is 0.117. The van der Waals surface area contributed by atoms with Crippen molar-refractivity contribution in [2.45, 2.75) is 70.2 Å². The number of ether oxygens (including phenoxy) is 4. The van der Waals surface area contributed by atoms with Gasteiger partial charge in [-0.1, -0.05) is 18.1 Å². The fourth-order valence-electron chi connectivity index (χ4n) is 7.49. The molecule has 154 valence electrons. The molecule has 1 spiro atoms. The van der Waals surface area contributed by atoms with E-state index in [0.29, 0.717) is 37.8 Å². The Morgan fingerprint density at radius 2 is 2.00 bits per heavy atom. The number of nitrogens with zero attached hydrogens (tertiary/aromatic N) is 1. The van der Waals surface area contributed by atoms with Gasteiger partial charge in [-0.3, -0.25) is 0 Å². The van der Waals surface area contributed by atoms with Crippen LogP contribution in [0.15, 0.2) is 11.1 Å². The van der Waals surface area contributed by atoms with Crippen molar-refractivity contribution >= 4 is 0 Å². The molecule has 0 radical (unpaired) electrons. The molecule has 5 heteroatoms. The summed E-state index contributed by atoms with van der Waals surface area (Å²) in [5.74, 6) is 1.37. The third-order valence-corrected chi connectivity index (χ3v) is 8.70. The lowest BCUT2D eigenvalue weighted by Crippen LogP contribution is -2.49. The average Bonchev–Trinajstić information content (AvgIpc) is 3.29. The van der Waals surface area contributed by atoms with Crippen LogP contribution in [0.5, 0.6) is 0 Å². The molecule has 5 nitrogen and oxygen atoms in total. The molecule has 3 fully saturated rings. The molecule has 28 heavy (non-hydrogen) atoms. The predicted molar refractivity (Wildman–Crippen MR) is 103 cm³/mol. The van der Waals surface area contributed by atoms with Gasteiger partial charge in [0, 0.05) is 20.0 Å². The first-order valence-corrected chi connectivity index (χ1v) is 11.1. The smallest absolute Gasteiger partial charge is 0.172 e. The molecule has 1 saturated heterocycles. The Morgan fingerprint density at radius 1 is 1.18 bits per heavy atom. The Hall–Kier alpha value is -0.930. The molecular weight excluding hydrogens is 354 g/mol. The number of fused-ring (bicyclic) bond motifs is 4. The summed E-state index contributed by atoms with van der Waals surface area (Å²) < 4.78 is 23.3. The molecule has 0 amide bonds. The zero-order valence-electron chi connectivity index (χ0n) is 17.2. The van der Waals surface area contributed by atoms with E-state index in [2.05, 4.69) is 13.0 Å². The highest BCUT2D eigenvalue weighted by atomic mass is 16.7. The Labute approximate surface area is 168 Å². The molecule has 1 aliphatic heterocycles. The van der Waals surface area contributed by atoms with Crippen LogP contribution in [0.25, 0.3) is 0 Å². The molecular formula is C23H33NO4. The van der Waals surface area contributed by atoms with Gasteiger partial charge < -0.3 is 18.9 Å². The number of nitriles is 1. The molecule has 2 saturated carbocycles. The van der Waals surface area contributed by atoms with Crippen molar-refractivity contribution in [3.8, 4) is 6.07 Å². The summed E-state index contributed by atoms with van der Waals surface area (Å²) in [5, 5.41) is 10.1. The standard InChI is InChI=1S/C23H33NO4/c1-22-7-5-18-17-6-8-23(27-9-10-28-23)12-15(17)11-16(13-24)21(18)19(22)3-4-20(22)26-14-25-2/h16,18-21H,3-12,14H2,1-2H3/t16-,18+,19-,20-,21+,22-/m0/s1. The molecule has 0 aromatic rings. The first kappa shape index (κ1) is 19.1. The highest BCUT2D eigenvalue weighted by molar-refractivity contribution is 5.31. The highest BCUT2D eigenvalue weighted by Crippen LogP contribution is 2.63. The largest absolute Gasteiger partial charge is 0.359 e. The molecule has 0 N–H and O–H groups in total. The Kier molecular flexibility index (Phi) is 4.83. The number of hydrogen-bond donors (Lipinski definition) is 0. The van der Waals surface area contributed by atoms with Crippen LogP contribution >= 0.6 is 0 Å². The Morgan fingerprint density at radius 3 is 2.75 bits per heavy atom. The van der Waals surface area contributed by atoms with Crippen LogP contribution in [0.3, 0.4) is 0 Å². The van der Waals surface area contributed by atoms with E-state index in [0.717, 1.165) is 32.1 Å². The fourth-order valence-corrected chi connectivity index (χ4v) is 7.49. The van der Waals surface area contributed by atoms with Crippen molar-refractivity contribution in [1.82, 2.24) is 0 Å². The minimum Gasteiger partial charge on any atom is -0.359 e. The summed E-state index contributed by atoms with van der Waals surface area (Å²) in [6.07, 6.45) is 8.79. The summed E-state index contributed by atoms with van der Waals surface area (Å²) >= 11 is 0. The van der Waals surface area contributed by atoms with Gasteiger partial charge in [-0.2, -0.15) is 5.26 Å². The van der Waals surface area contributed by atoms with E-state index < -0.39 is 0 Å². The van der Waals surface area contributed by atoms with Crippen LogP contribution in [0, 0.1) is 40.4 Å². The summed E-state index contributed by atoms with van der Waals surface area (Å²) in [6, 6.07) is 2.72. The topological polar surface area (TPSA) is 60.7 Å². The van der Waals surface area contributed by atoms with Gasteiger partial charge >= 0.3 is 0 Å². The minimum atomic E-state index is -0.388. The number of allylic oxidation sites excluding steroid dienone is 1. The lowest BCUT2D eigenvalue weighted by molar-refractivity contribution is -0.167. The van der Waals surface area contributed by atoms with Crippen LogP contribution in [-0.2, 0) is 18.9 Å². The second-order valence-electron chi connectivity index (χ2n) is 9.83. The zero-order chi connectivity index (χ0) is 19.4. The van der Waals surface area contributed by atoms with Crippen LogP contribution in [0.2, 0.25) is 0 Å². The first-order valence-electron chi connectivity index (χ1n) is 11.1. The maximum absolute atomic E-state index is 10.1. The SMILES string of the molecule is COCO[C@H]1CC[C@H]2[C@@H]3[C@H](C#N)CC4=C(CCC5(C4)OCCO5)[C@H]3CC[C@]12C. The van der Waals surface area contributed by atoms with Gasteiger partial charge in [-0.25, -0.2) is 0 Å². The van der Waals surface area contributed by atoms with Crippen LogP contribution < -0.4 is 0 Å². The normalized spacial score (nSPS) is 44.1. The van der Waals surface area contributed by atoms with Gasteiger partial charge in [-0.15, -0.1) is 0 Å². The monoisotopic (exact) mass is 387 g/mol. The van der Waals surface area contributed by atoms with E-state index >= 15 is 0 Å². The lowest BCUT2D eigenvalue weighted by atomic mass is 9.51. The fraction of sp³-hybridized carbons (Fsp3) is 0.870. The Bertz CT molecular complexity index is 691. The van der Waals surface area contributed by atoms with Crippen molar-refractivity contribution < 1.29 is 18.9 Å². The lowest BCUT2D eigenvalue weighted by Gasteiger charge is -2.54. The molecule has 0 bridgehead atoms. The predicted octanol–water partition coefficient (Wildman–Crippen LogP) is 4.19. The summed E-state index contributed by atoms with van der Waals surface area (Å²) in [4.78, 5) is 0. The third-order valence-electron chi connectivity index (χ3n) is 8.70. The zero-order valence-corrected chi connectivity index (χ0v) is 17.2. The summed E-state index contributed by atoms with van der Waals surface area (Å²) in [5.41, 5.74) is 3.32. The van der Waals surface area contributed by atoms with Crippen LogP contribution in [-0.4, -0.2) is 39.0 Å². The van der Waals surface area contributed by atoms with E-state index in [1.807, 2.05) is 0 Å². The van der Waals surface area contributed by atoms with Crippen molar-refractivity contribution in [2.75, 3.05) is 27.1 Å². The maximum Gasteiger partial charge on any atom is 0.172 e. The molecule has 0 aromatic heterocycles.